The van der Waals surface area contributed by atoms with Crippen molar-refractivity contribution in [2.24, 2.45) is 0 Å². The molecule has 0 saturated carbocycles. The zero-order valence-corrected chi connectivity index (χ0v) is 12.0. The lowest BCUT2D eigenvalue weighted by atomic mass is 10.1. The largest absolute Gasteiger partial charge is 0.465 e. The molecule has 1 atom stereocenters. The number of nitrogens with one attached hydrogen (secondary N) is 1. The van der Waals surface area contributed by atoms with E-state index in [4.69, 9.17) is 0 Å². The molecule has 2 rings (SSSR count). The molecule has 110 valence electrons. The van der Waals surface area contributed by atoms with E-state index in [1.807, 2.05) is 13.0 Å². The van der Waals surface area contributed by atoms with Gasteiger partial charge < -0.3 is 10.1 Å². The Morgan fingerprint density at radius 3 is 2.81 bits per heavy atom. The van der Waals surface area contributed by atoms with Gasteiger partial charge in [0.05, 0.1) is 18.4 Å². The Labute approximate surface area is 123 Å². The van der Waals surface area contributed by atoms with E-state index in [0.29, 0.717) is 12.1 Å². The van der Waals surface area contributed by atoms with Crippen LogP contribution in [0.2, 0.25) is 0 Å². The molecule has 0 saturated heterocycles. The molecular weight excluding hydrogens is 271 g/mol. The Kier molecular flexibility index (Phi) is 5.00. The molecule has 1 heterocycles. The normalized spacial score (nSPS) is 12.0. The maximum absolute atomic E-state index is 13.2. The number of pyridine rings is 1. The maximum atomic E-state index is 13.2. The summed E-state index contributed by atoms with van der Waals surface area (Å²) < 4.78 is 17.8. The van der Waals surface area contributed by atoms with Crippen LogP contribution >= 0.6 is 0 Å². The molecule has 0 spiro atoms. The highest BCUT2D eigenvalue weighted by atomic mass is 19.1. The Bertz CT molecular complexity index is 614. The molecule has 21 heavy (non-hydrogen) atoms. The smallest absolute Gasteiger partial charge is 0.339 e. The molecule has 5 heteroatoms. The van der Waals surface area contributed by atoms with Crippen molar-refractivity contribution in [2.75, 3.05) is 7.11 Å². The van der Waals surface area contributed by atoms with Crippen molar-refractivity contribution < 1.29 is 13.9 Å². The fourth-order valence-corrected chi connectivity index (χ4v) is 1.92. The number of nitrogens with zero attached hydrogens (tertiary/aromatic N) is 1. The lowest BCUT2D eigenvalue weighted by Crippen LogP contribution is -2.19. The average Bonchev–Trinajstić information content (AvgIpc) is 2.52. The lowest BCUT2D eigenvalue weighted by molar-refractivity contribution is 0.0600. The van der Waals surface area contributed by atoms with Crippen molar-refractivity contribution >= 4 is 5.97 Å². The van der Waals surface area contributed by atoms with Crippen LogP contribution in [0, 0.1) is 5.82 Å². The number of benzene rings is 1. The van der Waals surface area contributed by atoms with Crippen LogP contribution < -0.4 is 5.32 Å². The van der Waals surface area contributed by atoms with Gasteiger partial charge in [-0.2, -0.15) is 0 Å². The first-order chi connectivity index (χ1) is 10.1. The molecule has 1 N–H and O–H groups in total. The summed E-state index contributed by atoms with van der Waals surface area (Å²) in [5.41, 5.74) is 2.09. The highest BCUT2D eigenvalue weighted by Crippen LogP contribution is 2.14. The summed E-state index contributed by atoms with van der Waals surface area (Å²) in [6.45, 7) is 2.48. The van der Waals surface area contributed by atoms with Gasteiger partial charge in [-0.15, -0.1) is 0 Å². The number of ether oxygens (including phenoxy) is 1. The fraction of sp³-hybridized carbons (Fsp3) is 0.250. The van der Waals surface area contributed by atoms with Crippen LogP contribution in [0.25, 0.3) is 0 Å². The minimum absolute atomic E-state index is 0.00258. The predicted octanol–water partition coefficient (Wildman–Crippen LogP) is 2.86. The standard InChI is InChI=1S/C16H17FN2O2/c1-11(12-4-3-5-14(17)8-12)18-10-15-7-6-13(9-19-15)16(20)21-2/h3-9,11,18H,10H2,1-2H3/t11-/m1/s1. The summed E-state index contributed by atoms with van der Waals surface area (Å²) in [4.78, 5) is 15.5. The molecule has 0 aliphatic heterocycles. The highest BCUT2D eigenvalue weighted by Gasteiger charge is 2.08. The molecule has 2 aromatic rings. The maximum Gasteiger partial charge on any atom is 0.339 e. The van der Waals surface area contributed by atoms with Gasteiger partial charge in [-0.3, -0.25) is 4.98 Å². The molecule has 0 aliphatic carbocycles. The first-order valence-electron chi connectivity index (χ1n) is 6.62. The second kappa shape index (κ2) is 6.95. The van der Waals surface area contributed by atoms with Gasteiger partial charge in [-0.1, -0.05) is 12.1 Å². The Balaban J connectivity index is 1.95. The minimum Gasteiger partial charge on any atom is -0.465 e. The molecule has 4 nitrogen and oxygen atoms in total. The quantitative estimate of drug-likeness (QED) is 0.860. The van der Waals surface area contributed by atoms with Crippen molar-refractivity contribution in [1.29, 1.82) is 0 Å². The van der Waals surface area contributed by atoms with Gasteiger partial charge in [-0.05, 0) is 36.8 Å². The van der Waals surface area contributed by atoms with E-state index in [1.54, 1.807) is 18.2 Å². The minimum atomic E-state index is -0.407. The first-order valence-corrected chi connectivity index (χ1v) is 6.62. The highest BCUT2D eigenvalue weighted by molar-refractivity contribution is 5.88. The van der Waals surface area contributed by atoms with E-state index < -0.39 is 5.97 Å². The average molecular weight is 288 g/mol. The Morgan fingerprint density at radius 2 is 2.19 bits per heavy atom. The van der Waals surface area contributed by atoms with Gasteiger partial charge >= 0.3 is 5.97 Å². The summed E-state index contributed by atoms with van der Waals surface area (Å²) in [5, 5.41) is 3.26. The number of hydrogen-bond acceptors (Lipinski definition) is 4. The van der Waals surface area contributed by atoms with Gasteiger partial charge in [0.15, 0.2) is 0 Å². The number of rotatable bonds is 5. The number of hydrogen-bond donors (Lipinski definition) is 1. The van der Waals surface area contributed by atoms with Crippen molar-refractivity contribution in [3.05, 3.63) is 65.2 Å². The second-order valence-electron chi connectivity index (χ2n) is 4.69. The van der Waals surface area contributed by atoms with E-state index in [1.165, 1.54) is 25.4 Å². The SMILES string of the molecule is COC(=O)c1ccc(CN[C@H](C)c2cccc(F)c2)nc1. The number of methoxy groups -OCH3 is 1. The van der Waals surface area contributed by atoms with Crippen molar-refractivity contribution in [3.63, 3.8) is 0 Å². The first kappa shape index (κ1) is 15.1. The fourth-order valence-electron chi connectivity index (χ4n) is 1.92. The third kappa shape index (κ3) is 4.10. The molecule has 0 amide bonds. The second-order valence-corrected chi connectivity index (χ2v) is 4.69. The molecule has 0 unspecified atom stereocenters. The van der Waals surface area contributed by atoms with Gasteiger partial charge in [-0.25, -0.2) is 9.18 Å². The third-order valence-electron chi connectivity index (χ3n) is 3.18. The molecule has 0 fully saturated rings. The summed E-state index contributed by atoms with van der Waals surface area (Å²) in [6.07, 6.45) is 1.48. The van der Waals surface area contributed by atoms with Crippen molar-refractivity contribution in [1.82, 2.24) is 10.3 Å². The van der Waals surface area contributed by atoms with Crippen LogP contribution in [-0.2, 0) is 11.3 Å². The van der Waals surface area contributed by atoms with Crippen molar-refractivity contribution in [2.45, 2.75) is 19.5 Å². The number of aromatic nitrogens is 1. The van der Waals surface area contributed by atoms with E-state index in [-0.39, 0.29) is 11.9 Å². The zero-order valence-electron chi connectivity index (χ0n) is 12.0. The van der Waals surface area contributed by atoms with Crippen LogP contribution in [0.1, 0.15) is 34.6 Å². The molecular formula is C16H17FN2O2. The number of carbonyl (C=O) groups is 1. The monoisotopic (exact) mass is 288 g/mol. The Morgan fingerprint density at radius 1 is 1.38 bits per heavy atom. The molecule has 0 radical (unpaired) electrons. The molecule has 1 aromatic heterocycles. The van der Waals surface area contributed by atoms with Crippen LogP contribution in [0.4, 0.5) is 4.39 Å². The summed E-state index contributed by atoms with van der Waals surface area (Å²) in [5.74, 6) is -0.656. The van der Waals surface area contributed by atoms with E-state index in [2.05, 4.69) is 15.0 Å². The zero-order chi connectivity index (χ0) is 15.2. The number of esters is 1. The van der Waals surface area contributed by atoms with Gasteiger partial charge in [0.2, 0.25) is 0 Å². The topological polar surface area (TPSA) is 51.2 Å². The van der Waals surface area contributed by atoms with E-state index >= 15 is 0 Å². The third-order valence-corrected chi connectivity index (χ3v) is 3.18. The van der Waals surface area contributed by atoms with Crippen LogP contribution in [0.5, 0.6) is 0 Å². The number of carbonyl (C=O) groups excluding carboxylic acids is 1. The van der Waals surface area contributed by atoms with Crippen LogP contribution in [0.3, 0.4) is 0 Å². The molecule has 0 aliphatic rings. The van der Waals surface area contributed by atoms with E-state index in [9.17, 15) is 9.18 Å². The van der Waals surface area contributed by atoms with E-state index in [0.717, 1.165) is 11.3 Å². The summed E-state index contributed by atoms with van der Waals surface area (Å²) in [7, 11) is 1.33. The van der Waals surface area contributed by atoms with Crippen LogP contribution in [-0.4, -0.2) is 18.1 Å². The van der Waals surface area contributed by atoms with Crippen LogP contribution in [0.15, 0.2) is 42.6 Å². The number of halogens is 1. The summed E-state index contributed by atoms with van der Waals surface area (Å²) >= 11 is 0. The lowest BCUT2D eigenvalue weighted by Gasteiger charge is -2.14. The van der Waals surface area contributed by atoms with Gasteiger partial charge in [0, 0.05) is 18.8 Å². The Hall–Kier alpha value is -2.27. The van der Waals surface area contributed by atoms with Crippen molar-refractivity contribution in [3.8, 4) is 0 Å². The molecule has 0 bridgehead atoms. The predicted molar refractivity (Wildman–Crippen MR) is 77.2 cm³/mol. The van der Waals surface area contributed by atoms with Gasteiger partial charge in [0.25, 0.3) is 0 Å². The molecule has 1 aromatic carbocycles. The summed E-state index contributed by atoms with van der Waals surface area (Å²) in [6, 6.07) is 9.92. The van der Waals surface area contributed by atoms with Gasteiger partial charge in [0.1, 0.15) is 5.82 Å².